The quantitative estimate of drug-likeness (QED) is 0.619. The molecule has 0 aliphatic carbocycles. The molecular weight excluding hydrogens is 213 g/mol. The minimum Gasteiger partial charge on any atom is -0.467 e. The Morgan fingerprint density at radius 2 is 2.19 bits per heavy atom. The van der Waals surface area contributed by atoms with Crippen LogP contribution in [0.1, 0.15) is 13.8 Å². The van der Waals surface area contributed by atoms with Gasteiger partial charge in [0, 0.05) is 6.07 Å². The molecule has 0 aliphatic rings. The lowest BCUT2D eigenvalue weighted by atomic mass is 10.0. The van der Waals surface area contributed by atoms with Crippen molar-refractivity contribution in [2.45, 2.75) is 19.9 Å². The van der Waals surface area contributed by atoms with E-state index in [1.807, 2.05) is 13.8 Å². The smallest absolute Gasteiger partial charge is 0.328 e. The molecule has 0 aliphatic heterocycles. The van der Waals surface area contributed by atoms with Gasteiger partial charge in [-0.2, -0.15) is 4.39 Å². The highest BCUT2D eigenvalue weighted by Gasteiger charge is 2.23. The molecule has 0 radical (unpaired) electrons. The SMILES string of the molecule is COC(=O)C(Nc1cc(F)ncn1)C(C)C. The van der Waals surface area contributed by atoms with Gasteiger partial charge in [0.15, 0.2) is 0 Å². The first-order valence-electron chi connectivity index (χ1n) is 4.86. The number of halogens is 1. The van der Waals surface area contributed by atoms with Gasteiger partial charge >= 0.3 is 5.97 Å². The van der Waals surface area contributed by atoms with Gasteiger partial charge in [0.2, 0.25) is 5.95 Å². The Labute approximate surface area is 93.1 Å². The van der Waals surface area contributed by atoms with Crippen molar-refractivity contribution in [3.8, 4) is 0 Å². The fourth-order valence-corrected chi connectivity index (χ4v) is 1.20. The molecule has 1 rings (SSSR count). The van der Waals surface area contributed by atoms with Crippen LogP contribution in [0.25, 0.3) is 0 Å². The number of hydrogen-bond acceptors (Lipinski definition) is 5. The van der Waals surface area contributed by atoms with Gasteiger partial charge in [-0.05, 0) is 5.92 Å². The zero-order valence-electron chi connectivity index (χ0n) is 9.40. The number of aromatic nitrogens is 2. The summed E-state index contributed by atoms with van der Waals surface area (Å²) in [5.41, 5.74) is 0. The third-order valence-electron chi connectivity index (χ3n) is 2.06. The van der Waals surface area contributed by atoms with E-state index >= 15 is 0 Å². The molecule has 88 valence electrons. The lowest BCUT2D eigenvalue weighted by Crippen LogP contribution is -2.35. The van der Waals surface area contributed by atoms with Crippen molar-refractivity contribution < 1.29 is 13.9 Å². The number of ether oxygens (including phenoxy) is 1. The van der Waals surface area contributed by atoms with Crippen molar-refractivity contribution in [3.63, 3.8) is 0 Å². The molecular formula is C10H14FN3O2. The highest BCUT2D eigenvalue weighted by atomic mass is 19.1. The van der Waals surface area contributed by atoms with Crippen molar-refractivity contribution in [2.75, 3.05) is 12.4 Å². The Hall–Kier alpha value is -1.72. The molecule has 1 aromatic heterocycles. The summed E-state index contributed by atoms with van der Waals surface area (Å²) in [6, 6.07) is 0.567. The van der Waals surface area contributed by atoms with Gasteiger partial charge in [-0.1, -0.05) is 13.8 Å². The van der Waals surface area contributed by atoms with Crippen LogP contribution in [0.3, 0.4) is 0 Å². The molecule has 0 aromatic carbocycles. The summed E-state index contributed by atoms with van der Waals surface area (Å²) in [7, 11) is 1.31. The number of carbonyl (C=O) groups is 1. The lowest BCUT2D eigenvalue weighted by Gasteiger charge is -2.19. The van der Waals surface area contributed by atoms with Gasteiger partial charge < -0.3 is 10.1 Å². The average Bonchev–Trinajstić information content (AvgIpc) is 2.24. The van der Waals surface area contributed by atoms with Gasteiger partial charge in [-0.3, -0.25) is 0 Å². The number of methoxy groups -OCH3 is 1. The average molecular weight is 227 g/mol. The van der Waals surface area contributed by atoms with Crippen molar-refractivity contribution in [1.29, 1.82) is 0 Å². The first-order valence-corrected chi connectivity index (χ1v) is 4.86. The van der Waals surface area contributed by atoms with E-state index in [4.69, 9.17) is 0 Å². The summed E-state index contributed by atoms with van der Waals surface area (Å²) < 4.78 is 17.4. The van der Waals surface area contributed by atoms with Crippen LogP contribution < -0.4 is 5.32 Å². The van der Waals surface area contributed by atoms with Crippen LogP contribution in [0.15, 0.2) is 12.4 Å². The Balaban J connectivity index is 2.79. The highest BCUT2D eigenvalue weighted by Crippen LogP contribution is 2.11. The molecule has 1 N–H and O–H groups in total. The second-order valence-electron chi connectivity index (χ2n) is 3.62. The number of carbonyl (C=O) groups excluding carboxylic acids is 1. The van der Waals surface area contributed by atoms with E-state index in [2.05, 4.69) is 20.0 Å². The van der Waals surface area contributed by atoms with Crippen LogP contribution in [-0.2, 0) is 9.53 Å². The molecule has 1 atom stereocenters. The van der Waals surface area contributed by atoms with Crippen LogP contribution in [0.4, 0.5) is 10.2 Å². The van der Waals surface area contributed by atoms with E-state index in [-0.39, 0.29) is 11.7 Å². The number of anilines is 1. The first-order chi connectivity index (χ1) is 7.54. The number of rotatable bonds is 4. The summed E-state index contributed by atoms with van der Waals surface area (Å²) in [5.74, 6) is -0.791. The number of nitrogens with zero attached hydrogens (tertiary/aromatic N) is 2. The number of hydrogen-bond donors (Lipinski definition) is 1. The maximum absolute atomic E-state index is 12.8. The van der Waals surface area contributed by atoms with E-state index in [1.54, 1.807) is 0 Å². The van der Waals surface area contributed by atoms with E-state index in [0.717, 1.165) is 12.4 Å². The summed E-state index contributed by atoms with van der Waals surface area (Å²) in [5, 5.41) is 2.80. The summed E-state index contributed by atoms with van der Waals surface area (Å²) in [4.78, 5) is 18.6. The predicted molar refractivity (Wildman–Crippen MR) is 56.3 cm³/mol. The zero-order chi connectivity index (χ0) is 12.1. The first kappa shape index (κ1) is 12.4. The Kier molecular flexibility index (Phi) is 4.16. The van der Waals surface area contributed by atoms with Crippen LogP contribution in [-0.4, -0.2) is 29.1 Å². The second kappa shape index (κ2) is 5.39. The van der Waals surface area contributed by atoms with E-state index in [1.165, 1.54) is 7.11 Å². The molecule has 1 aromatic rings. The van der Waals surface area contributed by atoms with Crippen molar-refractivity contribution in [1.82, 2.24) is 9.97 Å². The largest absolute Gasteiger partial charge is 0.467 e. The van der Waals surface area contributed by atoms with E-state index in [9.17, 15) is 9.18 Å². The fraction of sp³-hybridized carbons (Fsp3) is 0.500. The topological polar surface area (TPSA) is 64.1 Å². The van der Waals surface area contributed by atoms with Gasteiger partial charge in [-0.25, -0.2) is 14.8 Å². The van der Waals surface area contributed by atoms with Gasteiger partial charge in [0.05, 0.1) is 7.11 Å². The Morgan fingerprint density at radius 1 is 1.50 bits per heavy atom. The van der Waals surface area contributed by atoms with E-state index < -0.39 is 18.0 Å². The highest BCUT2D eigenvalue weighted by molar-refractivity contribution is 5.79. The van der Waals surface area contributed by atoms with Crippen LogP contribution in [0.2, 0.25) is 0 Å². The maximum atomic E-state index is 12.8. The standard InChI is InChI=1S/C10H14FN3O2/c1-6(2)9(10(15)16-3)14-8-4-7(11)12-5-13-8/h4-6,9H,1-3H3,(H,12,13,14). The third kappa shape index (κ3) is 3.15. The van der Waals surface area contributed by atoms with Gasteiger partial charge in [0.1, 0.15) is 18.2 Å². The molecule has 0 spiro atoms. The van der Waals surface area contributed by atoms with Crippen molar-refractivity contribution in [3.05, 3.63) is 18.3 Å². The van der Waals surface area contributed by atoms with Crippen molar-refractivity contribution >= 4 is 11.8 Å². The zero-order valence-corrected chi connectivity index (χ0v) is 9.40. The van der Waals surface area contributed by atoms with E-state index in [0.29, 0.717) is 0 Å². The molecule has 6 heteroatoms. The molecule has 1 heterocycles. The van der Waals surface area contributed by atoms with Gasteiger partial charge in [0.25, 0.3) is 0 Å². The summed E-state index contributed by atoms with van der Waals surface area (Å²) in [6.45, 7) is 3.71. The third-order valence-corrected chi connectivity index (χ3v) is 2.06. The molecule has 0 fully saturated rings. The summed E-state index contributed by atoms with van der Waals surface area (Å²) in [6.07, 6.45) is 1.09. The van der Waals surface area contributed by atoms with Gasteiger partial charge in [-0.15, -0.1) is 0 Å². The number of nitrogens with one attached hydrogen (secondary N) is 1. The predicted octanol–water partition coefficient (Wildman–Crippen LogP) is 1.23. The minimum absolute atomic E-state index is 0.00507. The number of esters is 1. The lowest BCUT2D eigenvalue weighted by molar-refractivity contribution is -0.142. The Morgan fingerprint density at radius 3 is 2.69 bits per heavy atom. The maximum Gasteiger partial charge on any atom is 0.328 e. The Bertz CT molecular complexity index is 371. The molecule has 5 nitrogen and oxygen atoms in total. The molecule has 0 amide bonds. The second-order valence-corrected chi connectivity index (χ2v) is 3.62. The van der Waals surface area contributed by atoms with Crippen LogP contribution in [0.5, 0.6) is 0 Å². The monoisotopic (exact) mass is 227 g/mol. The normalized spacial score (nSPS) is 12.3. The molecule has 16 heavy (non-hydrogen) atoms. The van der Waals surface area contributed by atoms with Crippen molar-refractivity contribution in [2.24, 2.45) is 5.92 Å². The van der Waals surface area contributed by atoms with Crippen LogP contribution in [0, 0.1) is 11.9 Å². The molecule has 0 bridgehead atoms. The van der Waals surface area contributed by atoms with Crippen LogP contribution >= 0.6 is 0 Å². The molecule has 0 saturated carbocycles. The molecule has 1 unspecified atom stereocenters. The summed E-state index contributed by atoms with van der Waals surface area (Å²) >= 11 is 0. The molecule has 0 saturated heterocycles. The fourth-order valence-electron chi connectivity index (χ4n) is 1.20. The minimum atomic E-state index is -0.648.